The second kappa shape index (κ2) is 5.52. The summed E-state index contributed by atoms with van der Waals surface area (Å²) in [6, 6.07) is 2.07. The Balaban J connectivity index is 1.53. The van der Waals surface area contributed by atoms with Crippen molar-refractivity contribution in [1.29, 1.82) is 0 Å². The second-order valence-electron chi connectivity index (χ2n) is 5.11. The number of pyridine rings is 1. The van der Waals surface area contributed by atoms with Crippen molar-refractivity contribution in [2.75, 3.05) is 13.1 Å². The van der Waals surface area contributed by atoms with Crippen molar-refractivity contribution >= 4 is 5.91 Å². The molecule has 2 aromatic heterocycles. The standard InChI is InChI=1S/C13H12F3N5O2/c1-20-7-10(18-19-20)12(22)21-5-9(6-21)23-11-3-2-8(4-17-11)13(14,15)16/h2-4,7,9H,5-6H2,1H3. The van der Waals surface area contributed by atoms with Gasteiger partial charge in [-0.3, -0.25) is 9.48 Å². The molecule has 0 spiro atoms. The normalized spacial score (nSPS) is 15.4. The van der Waals surface area contributed by atoms with Crippen molar-refractivity contribution in [2.24, 2.45) is 7.05 Å². The van der Waals surface area contributed by atoms with Crippen LogP contribution in [0.5, 0.6) is 5.88 Å². The Bertz CT molecular complexity index is 707. The van der Waals surface area contributed by atoms with E-state index in [2.05, 4.69) is 15.3 Å². The summed E-state index contributed by atoms with van der Waals surface area (Å²) in [5.41, 5.74) is -0.600. The molecule has 1 amide bonds. The van der Waals surface area contributed by atoms with Crippen LogP contribution < -0.4 is 4.74 Å². The SMILES string of the molecule is Cn1cc(C(=O)N2CC(Oc3ccc(C(F)(F)F)cn3)C2)nn1. The molecule has 0 saturated carbocycles. The smallest absolute Gasteiger partial charge is 0.417 e. The van der Waals surface area contributed by atoms with Gasteiger partial charge in [-0.25, -0.2) is 4.98 Å². The Morgan fingerprint density at radius 2 is 2.09 bits per heavy atom. The third-order valence-electron chi connectivity index (χ3n) is 3.31. The number of carbonyl (C=O) groups is 1. The van der Waals surface area contributed by atoms with Crippen molar-refractivity contribution < 1.29 is 22.7 Å². The molecule has 0 radical (unpaired) electrons. The number of halogens is 3. The van der Waals surface area contributed by atoms with Crippen LogP contribution in [0.4, 0.5) is 13.2 Å². The minimum absolute atomic E-state index is 0.0922. The molecule has 1 saturated heterocycles. The quantitative estimate of drug-likeness (QED) is 0.845. The minimum Gasteiger partial charge on any atom is -0.471 e. The van der Waals surface area contributed by atoms with Gasteiger partial charge >= 0.3 is 6.18 Å². The van der Waals surface area contributed by atoms with Gasteiger partial charge in [-0.05, 0) is 6.07 Å². The zero-order valence-corrected chi connectivity index (χ0v) is 12.0. The maximum Gasteiger partial charge on any atom is 0.417 e. The highest BCUT2D eigenvalue weighted by Crippen LogP contribution is 2.29. The largest absolute Gasteiger partial charge is 0.471 e. The number of rotatable bonds is 3. The van der Waals surface area contributed by atoms with Crippen LogP contribution in [-0.2, 0) is 13.2 Å². The summed E-state index contributed by atoms with van der Waals surface area (Å²) in [4.78, 5) is 17.1. The first-order chi connectivity index (χ1) is 10.8. The lowest BCUT2D eigenvalue weighted by Gasteiger charge is -2.38. The molecule has 7 nitrogen and oxygen atoms in total. The van der Waals surface area contributed by atoms with E-state index in [9.17, 15) is 18.0 Å². The molecule has 2 aromatic rings. The predicted molar refractivity (Wildman–Crippen MR) is 70.6 cm³/mol. The molecular weight excluding hydrogens is 315 g/mol. The van der Waals surface area contributed by atoms with Gasteiger partial charge in [0.25, 0.3) is 5.91 Å². The fourth-order valence-electron chi connectivity index (χ4n) is 2.07. The molecular formula is C13H12F3N5O2. The number of amides is 1. The van der Waals surface area contributed by atoms with Crippen LogP contribution in [-0.4, -0.2) is 50.0 Å². The first kappa shape index (κ1) is 15.3. The van der Waals surface area contributed by atoms with Gasteiger partial charge < -0.3 is 9.64 Å². The molecule has 3 rings (SSSR count). The summed E-state index contributed by atoms with van der Waals surface area (Å²) in [7, 11) is 1.65. The first-order valence-electron chi connectivity index (χ1n) is 6.68. The van der Waals surface area contributed by atoms with Crippen LogP contribution in [0.25, 0.3) is 0 Å². The molecule has 23 heavy (non-hydrogen) atoms. The lowest BCUT2D eigenvalue weighted by atomic mass is 10.1. The maximum absolute atomic E-state index is 12.4. The van der Waals surface area contributed by atoms with Crippen molar-refractivity contribution in [3.8, 4) is 5.88 Å². The third-order valence-corrected chi connectivity index (χ3v) is 3.31. The fraction of sp³-hybridized carbons (Fsp3) is 0.385. The van der Waals surface area contributed by atoms with E-state index >= 15 is 0 Å². The van der Waals surface area contributed by atoms with Gasteiger partial charge in [-0.15, -0.1) is 5.10 Å². The van der Waals surface area contributed by atoms with E-state index in [-0.39, 0.29) is 23.6 Å². The van der Waals surface area contributed by atoms with Gasteiger partial charge in [0, 0.05) is 19.3 Å². The summed E-state index contributed by atoms with van der Waals surface area (Å²) in [5, 5.41) is 7.40. The molecule has 0 bridgehead atoms. The number of likely N-dealkylation sites (tertiary alicyclic amines) is 1. The van der Waals surface area contributed by atoms with Gasteiger partial charge in [0.1, 0.15) is 6.10 Å². The fourth-order valence-corrected chi connectivity index (χ4v) is 2.07. The second-order valence-corrected chi connectivity index (χ2v) is 5.11. The Hall–Kier alpha value is -2.65. The molecule has 1 aliphatic heterocycles. The third kappa shape index (κ3) is 3.25. The molecule has 0 aromatic carbocycles. The van der Waals surface area contributed by atoms with Crippen LogP contribution in [0.15, 0.2) is 24.5 Å². The molecule has 0 aliphatic carbocycles. The lowest BCUT2D eigenvalue weighted by Crippen LogP contribution is -2.56. The van der Waals surface area contributed by atoms with E-state index in [1.807, 2.05) is 0 Å². The number of hydrogen-bond donors (Lipinski definition) is 0. The van der Waals surface area contributed by atoms with E-state index in [0.29, 0.717) is 13.1 Å². The number of nitrogens with zero attached hydrogens (tertiary/aromatic N) is 5. The van der Waals surface area contributed by atoms with Gasteiger partial charge in [-0.1, -0.05) is 5.21 Å². The Kier molecular flexibility index (Phi) is 3.66. The first-order valence-corrected chi connectivity index (χ1v) is 6.68. The monoisotopic (exact) mass is 327 g/mol. The summed E-state index contributed by atoms with van der Waals surface area (Å²) in [6.07, 6.45) is -2.51. The highest BCUT2D eigenvalue weighted by molar-refractivity contribution is 5.92. The summed E-state index contributed by atoms with van der Waals surface area (Å²) in [6.45, 7) is 0.635. The van der Waals surface area contributed by atoms with E-state index < -0.39 is 11.7 Å². The zero-order valence-electron chi connectivity index (χ0n) is 12.0. The summed E-state index contributed by atoms with van der Waals surface area (Å²) in [5.74, 6) is -0.173. The van der Waals surface area contributed by atoms with Crippen LogP contribution in [0.1, 0.15) is 16.1 Å². The highest BCUT2D eigenvalue weighted by atomic mass is 19.4. The number of hydrogen-bond acceptors (Lipinski definition) is 5. The van der Waals surface area contributed by atoms with Gasteiger partial charge in [0.05, 0.1) is 24.8 Å². The number of ether oxygens (including phenoxy) is 1. The average molecular weight is 327 g/mol. The predicted octanol–water partition coefficient (Wildman–Crippen LogP) is 1.13. The number of aryl methyl sites for hydroxylation is 1. The van der Waals surface area contributed by atoms with Gasteiger partial charge in [0.15, 0.2) is 5.69 Å². The number of carbonyl (C=O) groups excluding carboxylic acids is 1. The Labute approximate surface area is 128 Å². The maximum atomic E-state index is 12.4. The Morgan fingerprint density at radius 1 is 1.35 bits per heavy atom. The van der Waals surface area contributed by atoms with E-state index in [0.717, 1.165) is 18.3 Å². The lowest BCUT2D eigenvalue weighted by molar-refractivity contribution is -0.137. The molecule has 3 heterocycles. The molecule has 1 fully saturated rings. The molecule has 122 valence electrons. The van der Waals surface area contributed by atoms with E-state index in [4.69, 9.17) is 4.74 Å². The van der Waals surface area contributed by atoms with Crippen LogP contribution in [0.2, 0.25) is 0 Å². The summed E-state index contributed by atoms with van der Waals surface area (Å²) < 4.78 is 44.1. The van der Waals surface area contributed by atoms with Crippen molar-refractivity contribution in [1.82, 2.24) is 24.9 Å². The average Bonchev–Trinajstić information content (AvgIpc) is 2.88. The molecule has 0 unspecified atom stereocenters. The molecule has 0 N–H and O–H groups in total. The molecule has 0 atom stereocenters. The summed E-state index contributed by atoms with van der Waals surface area (Å²) >= 11 is 0. The Morgan fingerprint density at radius 3 is 2.61 bits per heavy atom. The molecule has 1 aliphatic rings. The van der Waals surface area contributed by atoms with Crippen molar-refractivity contribution in [3.05, 3.63) is 35.8 Å². The minimum atomic E-state index is -4.43. The van der Waals surface area contributed by atoms with Crippen molar-refractivity contribution in [3.63, 3.8) is 0 Å². The van der Waals surface area contributed by atoms with E-state index in [1.165, 1.54) is 15.8 Å². The highest BCUT2D eigenvalue weighted by Gasteiger charge is 2.35. The van der Waals surface area contributed by atoms with Gasteiger partial charge in [-0.2, -0.15) is 13.2 Å². The van der Waals surface area contributed by atoms with Crippen LogP contribution in [0.3, 0.4) is 0 Å². The van der Waals surface area contributed by atoms with E-state index in [1.54, 1.807) is 7.05 Å². The number of alkyl halides is 3. The van der Waals surface area contributed by atoms with Crippen molar-refractivity contribution in [2.45, 2.75) is 12.3 Å². The topological polar surface area (TPSA) is 73.1 Å². The number of aromatic nitrogens is 4. The van der Waals surface area contributed by atoms with Gasteiger partial charge in [0.2, 0.25) is 5.88 Å². The van der Waals surface area contributed by atoms with Crippen LogP contribution in [0, 0.1) is 0 Å². The van der Waals surface area contributed by atoms with Crippen LogP contribution >= 0.6 is 0 Å². The molecule has 10 heteroatoms. The zero-order chi connectivity index (χ0) is 16.6.